The Morgan fingerprint density at radius 3 is 2.64 bits per heavy atom. The summed E-state index contributed by atoms with van der Waals surface area (Å²) in [6.07, 6.45) is 0.447. The number of nitrogens with zero attached hydrogens (tertiary/aromatic N) is 1. The van der Waals surface area contributed by atoms with Crippen molar-refractivity contribution in [2.75, 3.05) is 6.61 Å². The zero-order valence-corrected chi connectivity index (χ0v) is 8.89. The van der Waals surface area contributed by atoms with E-state index in [2.05, 4.69) is 0 Å². The highest BCUT2D eigenvalue weighted by atomic mass is 35.5. The Balaban J connectivity index is 2.82. The van der Waals surface area contributed by atoms with Crippen LogP contribution in [0.5, 0.6) is 0 Å². The number of hydrogen-bond donors (Lipinski definition) is 1. The van der Waals surface area contributed by atoms with Gasteiger partial charge in [-0.1, -0.05) is 29.3 Å². The fraction of sp³-hybridized carbons (Fsp3) is 0.300. The van der Waals surface area contributed by atoms with E-state index in [4.69, 9.17) is 33.6 Å². The maximum Gasteiger partial charge on any atom is 0.0735 e. The third-order valence-corrected chi connectivity index (χ3v) is 2.47. The first-order valence-electron chi connectivity index (χ1n) is 4.11. The molecule has 0 saturated carbocycles. The van der Waals surface area contributed by atoms with Gasteiger partial charge < -0.3 is 5.11 Å². The number of aliphatic hydroxyl groups is 1. The van der Waals surface area contributed by atoms with Gasteiger partial charge in [-0.2, -0.15) is 5.26 Å². The Morgan fingerprint density at radius 1 is 1.43 bits per heavy atom. The van der Waals surface area contributed by atoms with E-state index < -0.39 is 5.92 Å². The first kappa shape index (κ1) is 11.3. The van der Waals surface area contributed by atoms with Crippen molar-refractivity contribution in [3.63, 3.8) is 0 Å². The van der Waals surface area contributed by atoms with Crippen molar-refractivity contribution >= 4 is 23.2 Å². The van der Waals surface area contributed by atoms with Gasteiger partial charge in [0, 0.05) is 10.0 Å². The van der Waals surface area contributed by atoms with E-state index in [0.717, 1.165) is 5.56 Å². The number of aliphatic hydroxyl groups excluding tert-OH is 1. The molecule has 1 N–H and O–H groups in total. The molecule has 0 spiro atoms. The molecule has 1 rings (SSSR count). The van der Waals surface area contributed by atoms with Gasteiger partial charge in [-0.05, 0) is 24.1 Å². The fourth-order valence-electron chi connectivity index (χ4n) is 1.10. The lowest BCUT2D eigenvalue weighted by Gasteiger charge is -2.07. The molecule has 0 heterocycles. The van der Waals surface area contributed by atoms with Crippen molar-refractivity contribution in [1.29, 1.82) is 5.26 Å². The highest BCUT2D eigenvalue weighted by Crippen LogP contribution is 2.23. The van der Waals surface area contributed by atoms with Gasteiger partial charge in [-0.25, -0.2) is 0 Å². The smallest absolute Gasteiger partial charge is 0.0735 e. The van der Waals surface area contributed by atoms with Crippen LogP contribution < -0.4 is 0 Å². The van der Waals surface area contributed by atoms with Gasteiger partial charge in [0.1, 0.15) is 0 Å². The van der Waals surface area contributed by atoms with Crippen molar-refractivity contribution in [3.05, 3.63) is 33.8 Å². The van der Waals surface area contributed by atoms with Crippen LogP contribution in [0.2, 0.25) is 10.0 Å². The Kier molecular flexibility index (Phi) is 4.21. The zero-order chi connectivity index (χ0) is 10.6. The normalized spacial score (nSPS) is 12.1. The average Bonchev–Trinajstić information content (AvgIpc) is 2.17. The van der Waals surface area contributed by atoms with Gasteiger partial charge in [0.25, 0.3) is 0 Å². The Labute approximate surface area is 92.7 Å². The first-order chi connectivity index (χ1) is 6.67. The summed E-state index contributed by atoms with van der Waals surface area (Å²) in [7, 11) is 0. The molecule has 74 valence electrons. The van der Waals surface area contributed by atoms with Crippen LogP contribution in [0.4, 0.5) is 0 Å². The summed E-state index contributed by atoms with van der Waals surface area (Å²) < 4.78 is 0. The molecule has 0 saturated heterocycles. The summed E-state index contributed by atoms with van der Waals surface area (Å²) in [4.78, 5) is 0. The molecule has 0 radical (unpaired) electrons. The van der Waals surface area contributed by atoms with Crippen LogP contribution in [-0.4, -0.2) is 11.7 Å². The molecule has 1 atom stereocenters. The summed E-state index contributed by atoms with van der Waals surface area (Å²) in [5.41, 5.74) is 0.830. The predicted molar refractivity (Wildman–Crippen MR) is 56.4 cm³/mol. The van der Waals surface area contributed by atoms with E-state index in [0.29, 0.717) is 16.5 Å². The lowest BCUT2D eigenvalue weighted by atomic mass is 10.0. The lowest BCUT2D eigenvalue weighted by molar-refractivity contribution is 0.255. The lowest BCUT2D eigenvalue weighted by Crippen LogP contribution is -2.06. The average molecular weight is 230 g/mol. The summed E-state index contributed by atoms with van der Waals surface area (Å²) >= 11 is 11.6. The molecule has 4 heteroatoms. The van der Waals surface area contributed by atoms with Gasteiger partial charge in [-0.3, -0.25) is 0 Å². The van der Waals surface area contributed by atoms with E-state index in [-0.39, 0.29) is 6.61 Å². The van der Waals surface area contributed by atoms with Crippen LogP contribution >= 0.6 is 23.2 Å². The Hall–Kier alpha value is -0.750. The molecule has 0 aromatic heterocycles. The standard InChI is InChI=1S/C10H9Cl2NO/c11-9-2-1-8(10(12)4-9)3-7(5-13)6-14/h1-2,4,7,14H,3,6H2/t7-/m0/s1. The van der Waals surface area contributed by atoms with Crippen molar-refractivity contribution in [3.8, 4) is 6.07 Å². The van der Waals surface area contributed by atoms with E-state index in [1.54, 1.807) is 18.2 Å². The van der Waals surface area contributed by atoms with Gasteiger partial charge in [0.15, 0.2) is 0 Å². The van der Waals surface area contributed by atoms with Crippen molar-refractivity contribution in [2.45, 2.75) is 6.42 Å². The molecule has 0 fully saturated rings. The maximum atomic E-state index is 8.84. The van der Waals surface area contributed by atoms with Gasteiger partial charge >= 0.3 is 0 Å². The second-order valence-corrected chi connectivity index (χ2v) is 3.79. The highest BCUT2D eigenvalue weighted by Gasteiger charge is 2.09. The van der Waals surface area contributed by atoms with Crippen LogP contribution in [0.1, 0.15) is 5.56 Å². The van der Waals surface area contributed by atoms with Crippen LogP contribution in [-0.2, 0) is 6.42 Å². The third-order valence-electron chi connectivity index (χ3n) is 1.88. The largest absolute Gasteiger partial charge is 0.395 e. The molecule has 14 heavy (non-hydrogen) atoms. The van der Waals surface area contributed by atoms with Crippen LogP contribution in [0, 0.1) is 17.2 Å². The van der Waals surface area contributed by atoms with E-state index in [1.165, 1.54) is 0 Å². The molecular weight excluding hydrogens is 221 g/mol. The topological polar surface area (TPSA) is 44.0 Å². The monoisotopic (exact) mass is 229 g/mol. The van der Waals surface area contributed by atoms with Crippen LogP contribution in [0.3, 0.4) is 0 Å². The molecule has 0 amide bonds. The first-order valence-corrected chi connectivity index (χ1v) is 4.87. The van der Waals surface area contributed by atoms with E-state index in [9.17, 15) is 0 Å². The van der Waals surface area contributed by atoms with Crippen molar-refractivity contribution in [1.82, 2.24) is 0 Å². The molecule has 0 aliphatic carbocycles. The maximum absolute atomic E-state index is 8.84. The highest BCUT2D eigenvalue weighted by molar-refractivity contribution is 6.35. The van der Waals surface area contributed by atoms with Crippen LogP contribution in [0.15, 0.2) is 18.2 Å². The molecule has 0 aliphatic rings. The minimum Gasteiger partial charge on any atom is -0.395 e. The van der Waals surface area contributed by atoms with Gasteiger partial charge in [0.05, 0.1) is 18.6 Å². The minimum atomic E-state index is -0.409. The molecular formula is C10H9Cl2NO. The van der Waals surface area contributed by atoms with Crippen LogP contribution in [0.25, 0.3) is 0 Å². The number of nitriles is 1. The number of benzene rings is 1. The Bertz CT molecular complexity index is 360. The summed E-state index contributed by atoms with van der Waals surface area (Å²) in [5.74, 6) is -0.409. The van der Waals surface area contributed by atoms with E-state index >= 15 is 0 Å². The molecule has 1 aromatic rings. The minimum absolute atomic E-state index is 0.157. The second kappa shape index (κ2) is 5.21. The molecule has 0 aliphatic heterocycles. The van der Waals surface area contributed by atoms with Gasteiger partial charge in [-0.15, -0.1) is 0 Å². The summed E-state index contributed by atoms with van der Waals surface area (Å²) in [5, 5.41) is 18.6. The fourth-order valence-corrected chi connectivity index (χ4v) is 1.59. The summed E-state index contributed by atoms with van der Waals surface area (Å²) in [6, 6.07) is 7.11. The van der Waals surface area contributed by atoms with Crippen molar-refractivity contribution < 1.29 is 5.11 Å². The number of hydrogen-bond acceptors (Lipinski definition) is 2. The molecule has 0 unspecified atom stereocenters. The molecule has 2 nitrogen and oxygen atoms in total. The zero-order valence-electron chi connectivity index (χ0n) is 7.37. The SMILES string of the molecule is N#C[C@@H](CO)Cc1ccc(Cl)cc1Cl. The number of rotatable bonds is 3. The van der Waals surface area contributed by atoms with Gasteiger partial charge in [0.2, 0.25) is 0 Å². The van der Waals surface area contributed by atoms with Crippen molar-refractivity contribution in [2.24, 2.45) is 5.92 Å². The Morgan fingerprint density at radius 2 is 2.14 bits per heavy atom. The van der Waals surface area contributed by atoms with E-state index in [1.807, 2.05) is 6.07 Å². The predicted octanol–water partition coefficient (Wildman–Crippen LogP) is 2.67. The summed E-state index contributed by atoms with van der Waals surface area (Å²) in [6.45, 7) is -0.157. The second-order valence-electron chi connectivity index (χ2n) is 2.95. The number of halogens is 2. The molecule has 1 aromatic carbocycles. The third kappa shape index (κ3) is 2.88. The quantitative estimate of drug-likeness (QED) is 0.867. The molecule has 0 bridgehead atoms.